The molecule has 1 N–H and O–H groups in total. The first-order valence-corrected chi connectivity index (χ1v) is 6.93. The van der Waals surface area contributed by atoms with Crippen LogP contribution < -0.4 is 4.74 Å². The number of aliphatic hydroxyl groups is 1. The highest BCUT2D eigenvalue weighted by molar-refractivity contribution is 5.31. The molecular weight excluding hydrogens is 242 g/mol. The van der Waals surface area contributed by atoms with Gasteiger partial charge in [0.25, 0.3) is 0 Å². The van der Waals surface area contributed by atoms with Crippen LogP contribution in [0.15, 0.2) is 6.33 Å². The summed E-state index contributed by atoms with van der Waals surface area (Å²) in [7, 11) is 1.63. The van der Waals surface area contributed by atoms with Gasteiger partial charge >= 0.3 is 0 Å². The van der Waals surface area contributed by atoms with E-state index in [-0.39, 0.29) is 0 Å². The van der Waals surface area contributed by atoms with E-state index in [0.29, 0.717) is 12.4 Å². The molecule has 0 aromatic carbocycles. The molecule has 0 radical (unpaired) electrons. The van der Waals surface area contributed by atoms with Crippen molar-refractivity contribution in [2.75, 3.05) is 20.2 Å². The molecule has 2 heterocycles. The van der Waals surface area contributed by atoms with Crippen molar-refractivity contribution < 1.29 is 9.84 Å². The Balaban J connectivity index is 2.13. The highest BCUT2D eigenvalue weighted by Crippen LogP contribution is 2.26. The van der Waals surface area contributed by atoms with Crippen molar-refractivity contribution in [1.82, 2.24) is 14.9 Å². The van der Waals surface area contributed by atoms with E-state index in [1.165, 1.54) is 0 Å². The molecule has 0 amide bonds. The molecule has 2 rings (SSSR count). The molecule has 0 fully saturated rings. The second-order valence-corrected chi connectivity index (χ2v) is 5.20. The second kappa shape index (κ2) is 5.84. The number of fused-ring (bicyclic) bond motifs is 1. The second-order valence-electron chi connectivity index (χ2n) is 5.20. The molecule has 0 bridgehead atoms. The molecule has 0 unspecified atom stereocenters. The molecule has 106 valence electrons. The average molecular weight is 265 g/mol. The average Bonchev–Trinajstić information content (AvgIpc) is 2.46. The van der Waals surface area contributed by atoms with Crippen molar-refractivity contribution in [3.05, 3.63) is 17.6 Å². The van der Waals surface area contributed by atoms with Crippen LogP contribution in [0.1, 0.15) is 37.9 Å². The number of hydrogen-bond donors (Lipinski definition) is 1. The lowest BCUT2D eigenvalue weighted by atomic mass is 9.95. The maximum Gasteiger partial charge on any atom is 0.220 e. The molecule has 0 saturated heterocycles. The lowest BCUT2D eigenvalue weighted by molar-refractivity contribution is -0.00729. The van der Waals surface area contributed by atoms with Crippen molar-refractivity contribution in [2.45, 2.75) is 45.3 Å². The maximum atomic E-state index is 10.5. The Morgan fingerprint density at radius 3 is 2.74 bits per heavy atom. The Hall–Kier alpha value is -1.20. The van der Waals surface area contributed by atoms with Gasteiger partial charge in [-0.1, -0.05) is 13.8 Å². The lowest BCUT2D eigenvalue weighted by Crippen LogP contribution is -2.44. The Bertz CT molecular complexity index is 418. The molecular formula is C14H23N3O2. The summed E-state index contributed by atoms with van der Waals surface area (Å²) in [6, 6.07) is 0. The van der Waals surface area contributed by atoms with E-state index >= 15 is 0 Å². The summed E-state index contributed by atoms with van der Waals surface area (Å²) >= 11 is 0. The number of rotatable bonds is 5. The Morgan fingerprint density at radius 1 is 1.37 bits per heavy atom. The third-order valence-electron chi connectivity index (χ3n) is 4.07. The number of β-amino-alcohol motifs (C(OH)–C–C–N with tert-alkyl or cyclic N) is 1. The van der Waals surface area contributed by atoms with Crippen LogP contribution >= 0.6 is 0 Å². The molecule has 5 heteroatoms. The fraction of sp³-hybridized carbons (Fsp3) is 0.714. The summed E-state index contributed by atoms with van der Waals surface area (Å²) in [6.07, 6.45) is 3.99. The lowest BCUT2D eigenvalue weighted by Gasteiger charge is -2.35. The minimum absolute atomic E-state index is 0.597. The summed E-state index contributed by atoms with van der Waals surface area (Å²) in [4.78, 5) is 10.7. The van der Waals surface area contributed by atoms with Crippen LogP contribution in [0, 0.1) is 0 Å². The first-order valence-electron chi connectivity index (χ1n) is 6.93. The molecule has 1 aliphatic rings. The molecule has 0 aliphatic carbocycles. The predicted octanol–water partition coefficient (Wildman–Crippen LogP) is 1.39. The number of hydrogen-bond acceptors (Lipinski definition) is 5. The normalized spacial score (nSPS) is 16.2. The molecule has 5 nitrogen and oxygen atoms in total. The minimum atomic E-state index is -0.597. The minimum Gasteiger partial charge on any atom is -0.481 e. The molecule has 0 saturated carbocycles. The van der Waals surface area contributed by atoms with E-state index in [0.717, 1.165) is 43.6 Å². The van der Waals surface area contributed by atoms with Gasteiger partial charge in [-0.3, -0.25) is 4.90 Å². The van der Waals surface area contributed by atoms with E-state index in [4.69, 9.17) is 4.74 Å². The summed E-state index contributed by atoms with van der Waals surface area (Å²) in [5, 5.41) is 10.5. The third-order valence-corrected chi connectivity index (χ3v) is 4.07. The largest absolute Gasteiger partial charge is 0.481 e. The van der Waals surface area contributed by atoms with Gasteiger partial charge in [0, 0.05) is 31.6 Å². The molecule has 1 aromatic heterocycles. The van der Waals surface area contributed by atoms with Crippen LogP contribution in [0.2, 0.25) is 0 Å². The zero-order valence-electron chi connectivity index (χ0n) is 12.0. The van der Waals surface area contributed by atoms with Gasteiger partial charge in [0.05, 0.1) is 18.4 Å². The van der Waals surface area contributed by atoms with E-state index in [9.17, 15) is 5.11 Å². The van der Waals surface area contributed by atoms with Gasteiger partial charge in [-0.05, 0) is 12.8 Å². The van der Waals surface area contributed by atoms with Crippen LogP contribution in [-0.2, 0) is 13.0 Å². The summed E-state index contributed by atoms with van der Waals surface area (Å²) in [5.74, 6) is 0.659. The van der Waals surface area contributed by atoms with Crippen molar-refractivity contribution in [2.24, 2.45) is 0 Å². The molecule has 1 aromatic rings. The van der Waals surface area contributed by atoms with Crippen molar-refractivity contribution in [1.29, 1.82) is 0 Å². The van der Waals surface area contributed by atoms with Gasteiger partial charge in [-0.15, -0.1) is 0 Å². The summed E-state index contributed by atoms with van der Waals surface area (Å²) in [6.45, 7) is 6.44. The van der Waals surface area contributed by atoms with Crippen molar-refractivity contribution in [3.8, 4) is 5.88 Å². The van der Waals surface area contributed by atoms with Gasteiger partial charge < -0.3 is 9.84 Å². The van der Waals surface area contributed by atoms with Gasteiger partial charge in [-0.25, -0.2) is 9.97 Å². The van der Waals surface area contributed by atoms with Crippen LogP contribution in [0.5, 0.6) is 5.88 Å². The highest BCUT2D eigenvalue weighted by Gasteiger charge is 2.29. The number of methoxy groups -OCH3 is 1. The van der Waals surface area contributed by atoms with Gasteiger partial charge in [-0.2, -0.15) is 0 Å². The van der Waals surface area contributed by atoms with E-state index in [2.05, 4.69) is 14.9 Å². The molecule has 0 spiro atoms. The van der Waals surface area contributed by atoms with Crippen LogP contribution in [-0.4, -0.2) is 45.8 Å². The van der Waals surface area contributed by atoms with Crippen LogP contribution in [0.4, 0.5) is 0 Å². The molecule has 1 aliphatic heterocycles. The van der Waals surface area contributed by atoms with Gasteiger partial charge in [0.1, 0.15) is 6.33 Å². The summed E-state index contributed by atoms with van der Waals surface area (Å²) < 4.78 is 5.30. The predicted molar refractivity (Wildman–Crippen MR) is 73.1 cm³/mol. The summed E-state index contributed by atoms with van der Waals surface area (Å²) in [5.41, 5.74) is 1.53. The zero-order valence-corrected chi connectivity index (χ0v) is 12.0. The third kappa shape index (κ3) is 3.04. The van der Waals surface area contributed by atoms with E-state index in [1.54, 1.807) is 13.4 Å². The number of aromatic nitrogens is 2. The topological polar surface area (TPSA) is 58.5 Å². The van der Waals surface area contributed by atoms with Crippen molar-refractivity contribution >= 4 is 0 Å². The fourth-order valence-corrected chi connectivity index (χ4v) is 2.57. The maximum absolute atomic E-state index is 10.5. The van der Waals surface area contributed by atoms with Gasteiger partial charge in [0.2, 0.25) is 5.88 Å². The first-order chi connectivity index (χ1) is 9.11. The smallest absolute Gasteiger partial charge is 0.220 e. The molecule has 19 heavy (non-hydrogen) atoms. The van der Waals surface area contributed by atoms with Crippen molar-refractivity contribution in [3.63, 3.8) is 0 Å². The monoisotopic (exact) mass is 265 g/mol. The number of ether oxygens (including phenoxy) is 1. The molecule has 0 atom stereocenters. The highest BCUT2D eigenvalue weighted by atomic mass is 16.5. The van der Waals surface area contributed by atoms with Crippen LogP contribution in [0.3, 0.4) is 0 Å². The Morgan fingerprint density at radius 2 is 2.11 bits per heavy atom. The van der Waals surface area contributed by atoms with E-state index < -0.39 is 5.60 Å². The Labute approximate surface area is 114 Å². The standard InChI is InChI=1S/C14H23N3O2/c1-4-14(18,5-2)9-17-7-6-12-11(8-17)13(19-3)16-10-15-12/h10,18H,4-9H2,1-3H3. The van der Waals surface area contributed by atoms with Crippen LogP contribution in [0.25, 0.3) is 0 Å². The Kier molecular flexibility index (Phi) is 4.37. The SMILES string of the molecule is CCC(O)(CC)CN1CCc2ncnc(OC)c2C1. The first kappa shape index (κ1) is 14.2. The number of nitrogens with zero attached hydrogens (tertiary/aromatic N) is 3. The van der Waals surface area contributed by atoms with E-state index in [1.807, 2.05) is 13.8 Å². The zero-order chi connectivity index (χ0) is 13.9. The van der Waals surface area contributed by atoms with Gasteiger partial charge in [0.15, 0.2) is 0 Å². The quantitative estimate of drug-likeness (QED) is 0.872. The fourth-order valence-electron chi connectivity index (χ4n) is 2.57.